The molecule has 1 N–H and O–H groups in total. The fourth-order valence-electron chi connectivity index (χ4n) is 2.29. The summed E-state index contributed by atoms with van der Waals surface area (Å²) < 4.78 is 5.17. The molecule has 1 aromatic carbocycles. The second-order valence-electron chi connectivity index (χ2n) is 5.35. The van der Waals surface area contributed by atoms with Crippen LogP contribution in [0.5, 0.6) is 0 Å². The molecule has 6 nitrogen and oxygen atoms in total. The van der Waals surface area contributed by atoms with E-state index < -0.39 is 0 Å². The van der Waals surface area contributed by atoms with Crippen molar-refractivity contribution in [3.63, 3.8) is 0 Å². The van der Waals surface area contributed by atoms with Crippen molar-refractivity contribution in [3.05, 3.63) is 54.0 Å². The topological polar surface area (TPSA) is 74.9 Å². The van der Waals surface area contributed by atoms with Crippen molar-refractivity contribution >= 4 is 23.2 Å². The highest BCUT2D eigenvalue weighted by molar-refractivity contribution is 6.40. The van der Waals surface area contributed by atoms with Gasteiger partial charge >= 0.3 is 0 Å². The van der Waals surface area contributed by atoms with E-state index in [4.69, 9.17) is 4.42 Å². The van der Waals surface area contributed by atoms with Gasteiger partial charge in [-0.3, -0.25) is 9.59 Å². The molecule has 0 atom stereocenters. The van der Waals surface area contributed by atoms with Crippen LogP contribution in [0.4, 0.5) is 5.69 Å². The number of anilines is 1. The van der Waals surface area contributed by atoms with Gasteiger partial charge < -0.3 is 9.73 Å². The van der Waals surface area contributed by atoms with Gasteiger partial charge in [0.1, 0.15) is 11.5 Å². The molecule has 2 heterocycles. The molecular weight excluding hydrogens is 294 g/mol. The van der Waals surface area contributed by atoms with Gasteiger partial charge in [-0.2, -0.15) is 5.10 Å². The van der Waals surface area contributed by atoms with Gasteiger partial charge in [0.15, 0.2) is 0 Å². The summed E-state index contributed by atoms with van der Waals surface area (Å²) in [7, 11) is 0. The summed E-state index contributed by atoms with van der Waals surface area (Å²) in [5.41, 5.74) is 2.10. The predicted octanol–water partition coefficient (Wildman–Crippen LogP) is 2.39. The van der Waals surface area contributed by atoms with Crippen LogP contribution in [0.2, 0.25) is 0 Å². The summed E-state index contributed by atoms with van der Waals surface area (Å²) in [6.07, 6.45) is 2.16. The number of hydrogen-bond donors (Lipinski definition) is 1. The number of aryl methyl sites for hydroxylation is 1. The third-order valence-electron chi connectivity index (χ3n) is 3.58. The minimum atomic E-state index is -0.286. The Labute approximate surface area is 133 Å². The van der Waals surface area contributed by atoms with Gasteiger partial charge in [-0.25, -0.2) is 5.01 Å². The Morgan fingerprint density at radius 3 is 2.74 bits per heavy atom. The van der Waals surface area contributed by atoms with Crippen LogP contribution in [0.3, 0.4) is 0 Å². The average molecular weight is 311 g/mol. The van der Waals surface area contributed by atoms with Crippen LogP contribution in [-0.4, -0.2) is 17.5 Å². The second-order valence-corrected chi connectivity index (χ2v) is 5.35. The third-order valence-corrected chi connectivity index (χ3v) is 3.58. The van der Waals surface area contributed by atoms with Gasteiger partial charge in [-0.15, -0.1) is 0 Å². The third kappa shape index (κ3) is 3.48. The van der Waals surface area contributed by atoms with Gasteiger partial charge in [-0.05, 0) is 31.2 Å². The number of nitrogens with one attached hydrogen (secondary N) is 1. The van der Waals surface area contributed by atoms with E-state index in [1.807, 2.05) is 31.2 Å². The summed E-state index contributed by atoms with van der Waals surface area (Å²) in [6.45, 7) is 2.27. The summed E-state index contributed by atoms with van der Waals surface area (Å²) >= 11 is 0. The first-order chi connectivity index (χ1) is 11.1. The fraction of sp³-hybridized carbons (Fsp3) is 0.235. The molecule has 1 aromatic heterocycles. The molecule has 6 heteroatoms. The van der Waals surface area contributed by atoms with Crippen molar-refractivity contribution in [1.29, 1.82) is 0 Å². The molecule has 0 unspecified atom stereocenters. The Hall–Kier alpha value is -2.89. The van der Waals surface area contributed by atoms with E-state index >= 15 is 0 Å². The molecule has 1 aliphatic rings. The normalized spacial score (nSPS) is 14.6. The molecule has 0 saturated carbocycles. The SMILES string of the molecule is Cc1ccc(N2N=C(C(=O)NCc3ccco3)CCC2=O)cc1. The molecule has 0 saturated heterocycles. The van der Waals surface area contributed by atoms with Gasteiger partial charge in [-0.1, -0.05) is 17.7 Å². The Morgan fingerprint density at radius 1 is 1.26 bits per heavy atom. The minimum Gasteiger partial charge on any atom is -0.467 e. The molecular formula is C17H17N3O3. The molecule has 2 amide bonds. The predicted molar refractivity (Wildman–Crippen MR) is 85.9 cm³/mol. The van der Waals surface area contributed by atoms with Crippen LogP contribution < -0.4 is 10.3 Å². The summed E-state index contributed by atoms with van der Waals surface area (Å²) in [6, 6.07) is 11.0. The molecule has 23 heavy (non-hydrogen) atoms. The van der Waals surface area contributed by atoms with Crippen molar-refractivity contribution in [2.45, 2.75) is 26.3 Å². The van der Waals surface area contributed by atoms with Crippen molar-refractivity contribution in [2.75, 3.05) is 5.01 Å². The zero-order valence-electron chi connectivity index (χ0n) is 12.8. The van der Waals surface area contributed by atoms with Crippen molar-refractivity contribution in [2.24, 2.45) is 5.10 Å². The Morgan fingerprint density at radius 2 is 2.04 bits per heavy atom. The van der Waals surface area contributed by atoms with Crippen LogP contribution in [0, 0.1) is 6.92 Å². The molecule has 3 rings (SSSR count). The van der Waals surface area contributed by atoms with Crippen LogP contribution in [0.1, 0.15) is 24.2 Å². The summed E-state index contributed by atoms with van der Waals surface area (Å²) in [5.74, 6) is 0.267. The zero-order chi connectivity index (χ0) is 16.2. The van der Waals surface area contributed by atoms with Crippen LogP contribution in [0.25, 0.3) is 0 Å². The number of furan rings is 1. The smallest absolute Gasteiger partial charge is 0.267 e. The van der Waals surface area contributed by atoms with Crippen LogP contribution in [-0.2, 0) is 16.1 Å². The van der Waals surface area contributed by atoms with E-state index in [-0.39, 0.29) is 18.2 Å². The maximum atomic E-state index is 12.2. The lowest BCUT2D eigenvalue weighted by atomic mass is 10.1. The number of hydrogen-bond acceptors (Lipinski definition) is 4. The van der Waals surface area contributed by atoms with Crippen LogP contribution >= 0.6 is 0 Å². The lowest BCUT2D eigenvalue weighted by Gasteiger charge is -2.23. The zero-order valence-corrected chi connectivity index (χ0v) is 12.8. The number of nitrogens with zero attached hydrogens (tertiary/aromatic N) is 2. The number of amides is 2. The molecule has 0 spiro atoms. The maximum Gasteiger partial charge on any atom is 0.267 e. The maximum absolute atomic E-state index is 12.2. The van der Waals surface area contributed by atoms with Gasteiger partial charge in [0, 0.05) is 12.8 Å². The number of carbonyl (C=O) groups is 2. The van der Waals surface area contributed by atoms with Gasteiger partial charge in [0.25, 0.3) is 5.91 Å². The molecule has 2 aromatic rings. The van der Waals surface area contributed by atoms with Crippen LogP contribution in [0.15, 0.2) is 52.2 Å². The Balaban J connectivity index is 1.73. The molecule has 0 radical (unpaired) electrons. The average Bonchev–Trinajstić information content (AvgIpc) is 3.07. The molecule has 1 aliphatic heterocycles. The molecule has 118 valence electrons. The first-order valence-electron chi connectivity index (χ1n) is 7.41. The van der Waals surface area contributed by atoms with E-state index in [1.165, 1.54) is 5.01 Å². The Kier molecular flexibility index (Phi) is 4.23. The fourth-order valence-corrected chi connectivity index (χ4v) is 2.29. The van der Waals surface area contributed by atoms with Gasteiger partial charge in [0.2, 0.25) is 5.91 Å². The number of carbonyl (C=O) groups excluding carboxylic acids is 2. The minimum absolute atomic E-state index is 0.114. The quantitative estimate of drug-likeness (QED) is 0.942. The molecule has 0 fully saturated rings. The largest absolute Gasteiger partial charge is 0.467 e. The van der Waals surface area contributed by atoms with E-state index in [1.54, 1.807) is 18.4 Å². The first-order valence-corrected chi connectivity index (χ1v) is 7.41. The lowest BCUT2D eigenvalue weighted by molar-refractivity contribution is -0.119. The first kappa shape index (κ1) is 15.0. The van der Waals surface area contributed by atoms with E-state index in [0.29, 0.717) is 30.1 Å². The monoisotopic (exact) mass is 311 g/mol. The molecule has 0 bridgehead atoms. The van der Waals surface area contributed by atoms with Crippen molar-refractivity contribution in [1.82, 2.24) is 5.32 Å². The number of hydrazone groups is 1. The highest BCUT2D eigenvalue weighted by atomic mass is 16.3. The van der Waals surface area contributed by atoms with Crippen molar-refractivity contribution < 1.29 is 14.0 Å². The molecule has 0 aliphatic carbocycles. The van der Waals surface area contributed by atoms with E-state index in [0.717, 1.165) is 5.56 Å². The standard InChI is InChI=1S/C17H17N3O3/c1-12-4-6-13(7-5-12)20-16(21)9-8-15(19-20)17(22)18-11-14-3-2-10-23-14/h2-7,10H,8-9,11H2,1H3,(H,18,22). The van der Waals surface area contributed by atoms with E-state index in [9.17, 15) is 9.59 Å². The van der Waals surface area contributed by atoms with Gasteiger partial charge in [0.05, 0.1) is 18.5 Å². The summed E-state index contributed by atoms with van der Waals surface area (Å²) in [5, 5.41) is 8.27. The summed E-state index contributed by atoms with van der Waals surface area (Å²) in [4.78, 5) is 24.3. The highest BCUT2D eigenvalue weighted by Gasteiger charge is 2.25. The number of rotatable bonds is 4. The number of benzene rings is 1. The van der Waals surface area contributed by atoms with E-state index in [2.05, 4.69) is 10.4 Å². The Bertz CT molecular complexity index is 733. The second kappa shape index (κ2) is 6.48. The lowest BCUT2D eigenvalue weighted by Crippen LogP contribution is -2.38. The highest BCUT2D eigenvalue weighted by Crippen LogP contribution is 2.20. The van der Waals surface area contributed by atoms with Crippen molar-refractivity contribution in [3.8, 4) is 0 Å².